The number of aromatic nitrogens is 4. The zero-order chi connectivity index (χ0) is 24.6. The minimum atomic E-state index is -1.11. The summed E-state index contributed by atoms with van der Waals surface area (Å²) in [4.78, 5) is 11.1. The molecular formula is C25H27Cl2FN6O2. The van der Waals surface area contributed by atoms with Gasteiger partial charge in [-0.3, -0.25) is 4.90 Å². The molecule has 1 aromatic carbocycles. The molecule has 2 aromatic heterocycles. The van der Waals surface area contributed by atoms with E-state index in [0.717, 1.165) is 36.1 Å². The molecule has 5 fully saturated rings. The first-order valence-electron chi connectivity index (χ1n) is 12.5. The molecule has 2 saturated heterocycles. The van der Waals surface area contributed by atoms with E-state index in [2.05, 4.69) is 20.4 Å². The van der Waals surface area contributed by atoms with Gasteiger partial charge in [0.05, 0.1) is 48.3 Å². The van der Waals surface area contributed by atoms with Crippen LogP contribution < -0.4 is 5.32 Å². The number of fused-ring (bicyclic) bond motifs is 1. The van der Waals surface area contributed by atoms with E-state index in [1.165, 1.54) is 0 Å². The first-order chi connectivity index (χ1) is 17.4. The van der Waals surface area contributed by atoms with Crippen LogP contribution in [0.15, 0.2) is 24.5 Å². The van der Waals surface area contributed by atoms with Crippen LogP contribution in [0.5, 0.6) is 0 Å². The maximum Gasteiger partial charge on any atom is 0.227 e. The maximum atomic E-state index is 15.4. The molecule has 11 heteroatoms. The van der Waals surface area contributed by atoms with Crippen molar-refractivity contribution in [2.75, 3.05) is 31.6 Å². The van der Waals surface area contributed by atoms with Gasteiger partial charge in [-0.2, -0.15) is 5.10 Å². The van der Waals surface area contributed by atoms with Gasteiger partial charge in [0.25, 0.3) is 0 Å². The lowest BCUT2D eigenvalue weighted by molar-refractivity contribution is -0.0975. The molecule has 1 unspecified atom stereocenters. The summed E-state index contributed by atoms with van der Waals surface area (Å²) in [6.07, 6.45) is 5.79. The van der Waals surface area contributed by atoms with Crippen LogP contribution >= 0.6 is 23.2 Å². The van der Waals surface area contributed by atoms with E-state index in [-0.39, 0.29) is 24.0 Å². The van der Waals surface area contributed by atoms with Crippen molar-refractivity contribution in [2.45, 2.75) is 55.5 Å². The summed E-state index contributed by atoms with van der Waals surface area (Å²) in [5.74, 6) is 0.882. The predicted molar refractivity (Wildman–Crippen MR) is 135 cm³/mol. The van der Waals surface area contributed by atoms with Gasteiger partial charge >= 0.3 is 0 Å². The topological polar surface area (TPSA) is 88.3 Å². The second-order valence-electron chi connectivity index (χ2n) is 10.8. The average Bonchev–Trinajstić information content (AvgIpc) is 3.38. The molecule has 8 nitrogen and oxygen atoms in total. The Morgan fingerprint density at radius 3 is 2.69 bits per heavy atom. The number of ether oxygens (including phenoxy) is 1. The van der Waals surface area contributed by atoms with Gasteiger partial charge in [-0.25, -0.2) is 19.0 Å². The van der Waals surface area contributed by atoms with Crippen molar-refractivity contribution in [3.05, 3.63) is 40.3 Å². The van der Waals surface area contributed by atoms with Crippen molar-refractivity contribution in [1.82, 2.24) is 24.6 Å². The molecule has 3 aromatic rings. The first kappa shape index (κ1) is 23.1. The Morgan fingerprint density at radius 2 is 2.00 bits per heavy atom. The normalized spacial score (nSPS) is 33.9. The molecule has 3 aliphatic carbocycles. The number of alkyl halides is 1. The molecule has 190 valence electrons. The number of aliphatic hydroxyl groups is 1. The van der Waals surface area contributed by atoms with E-state index in [4.69, 9.17) is 27.9 Å². The van der Waals surface area contributed by atoms with Crippen LogP contribution in [-0.2, 0) is 10.3 Å². The third-order valence-corrected chi connectivity index (χ3v) is 9.26. The van der Waals surface area contributed by atoms with Gasteiger partial charge in [0.1, 0.15) is 6.17 Å². The number of likely N-dealkylation sites (tertiary alicyclic amines) is 1. The third kappa shape index (κ3) is 3.62. The Labute approximate surface area is 217 Å². The lowest BCUT2D eigenvalue weighted by Gasteiger charge is -2.61. The maximum absolute atomic E-state index is 15.4. The molecule has 2 bridgehead atoms. The van der Waals surface area contributed by atoms with Crippen LogP contribution in [0, 0.1) is 5.92 Å². The molecule has 4 heterocycles. The second kappa shape index (κ2) is 8.49. The van der Waals surface area contributed by atoms with Crippen molar-refractivity contribution in [2.24, 2.45) is 5.92 Å². The molecule has 0 spiro atoms. The highest BCUT2D eigenvalue weighted by molar-refractivity contribution is 6.32. The minimum absolute atomic E-state index is 0.0962. The molecule has 0 radical (unpaired) electrons. The zero-order valence-electron chi connectivity index (χ0n) is 19.6. The Morgan fingerprint density at radius 1 is 1.17 bits per heavy atom. The van der Waals surface area contributed by atoms with Gasteiger partial charge in [0.15, 0.2) is 5.15 Å². The van der Waals surface area contributed by atoms with Gasteiger partial charge in [-0.05, 0) is 55.8 Å². The van der Waals surface area contributed by atoms with Crippen molar-refractivity contribution in [3.63, 3.8) is 0 Å². The second-order valence-corrected chi connectivity index (χ2v) is 11.6. The summed E-state index contributed by atoms with van der Waals surface area (Å²) in [6, 6.07) is 3.53. The van der Waals surface area contributed by atoms with Crippen molar-refractivity contribution < 1.29 is 14.2 Å². The highest BCUT2D eigenvalue weighted by Crippen LogP contribution is 2.63. The summed E-state index contributed by atoms with van der Waals surface area (Å²) in [6.45, 7) is 1.66. The van der Waals surface area contributed by atoms with Gasteiger partial charge in [-0.1, -0.05) is 23.2 Å². The van der Waals surface area contributed by atoms with Crippen LogP contribution in [0.1, 0.15) is 37.2 Å². The van der Waals surface area contributed by atoms with E-state index >= 15 is 4.39 Å². The fraction of sp³-hybridized carbons (Fsp3) is 0.560. The van der Waals surface area contributed by atoms with Gasteiger partial charge in [-0.15, -0.1) is 0 Å². The van der Waals surface area contributed by atoms with E-state index in [9.17, 15) is 5.11 Å². The predicted octanol–water partition coefficient (Wildman–Crippen LogP) is 4.27. The number of halogens is 3. The van der Waals surface area contributed by atoms with Crippen molar-refractivity contribution >= 4 is 45.7 Å². The lowest BCUT2D eigenvalue weighted by Crippen LogP contribution is -2.59. The Balaban J connectivity index is 1.12. The monoisotopic (exact) mass is 532 g/mol. The molecular weight excluding hydrogens is 506 g/mol. The number of piperidine rings is 1. The first-order valence-corrected chi connectivity index (χ1v) is 13.3. The van der Waals surface area contributed by atoms with Crippen LogP contribution in [0.2, 0.25) is 10.2 Å². The van der Waals surface area contributed by atoms with Crippen LogP contribution in [0.4, 0.5) is 16.0 Å². The highest BCUT2D eigenvalue weighted by Gasteiger charge is 2.59. The summed E-state index contributed by atoms with van der Waals surface area (Å²) < 4.78 is 22.7. The molecule has 8 rings (SSSR count). The van der Waals surface area contributed by atoms with E-state index in [1.54, 1.807) is 18.5 Å². The largest absolute Gasteiger partial charge is 0.389 e. The van der Waals surface area contributed by atoms with Gasteiger partial charge < -0.3 is 15.2 Å². The summed E-state index contributed by atoms with van der Waals surface area (Å²) in [5, 5.41) is 19.7. The standard InChI is InChI=1S/C25H27Cl2FN6O2/c26-17-3-14-8-29-24(32-20-9-30-34(23(20)27)25-5-13(6-25)7-25)31-19(14)4-16(17)15-1-2-33(10-18(15)28)21-11-36-12-22(21)35/h3-4,8-9,13,15,18,21-22,35H,1-2,5-7,10-12H2,(H,29,31,32)/t13?,15-,18+,21?,22-,25?/m1/s1. The number of nitrogens with one attached hydrogen (secondary N) is 1. The van der Waals surface area contributed by atoms with Crippen LogP contribution in [-0.4, -0.2) is 74.4 Å². The van der Waals surface area contributed by atoms with Crippen molar-refractivity contribution in [1.29, 1.82) is 0 Å². The van der Waals surface area contributed by atoms with E-state index in [1.807, 2.05) is 15.6 Å². The summed E-state index contributed by atoms with van der Waals surface area (Å²) in [7, 11) is 0. The van der Waals surface area contributed by atoms with Crippen LogP contribution in [0.3, 0.4) is 0 Å². The number of hydrogen-bond donors (Lipinski definition) is 2. The number of benzene rings is 1. The summed E-state index contributed by atoms with van der Waals surface area (Å²) >= 11 is 13.2. The fourth-order valence-corrected chi connectivity index (χ4v) is 7.06. The van der Waals surface area contributed by atoms with Crippen LogP contribution in [0.25, 0.3) is 10.9 Å². The smallest absolute Gasteiger partial charge is 0.227 e. The number of anilines is 2. The minimum Gasteiger partial charge on any atom is -0.389 e. The SMILES string of the molecule is O[C@@H]1COCC1N1CC[C@H](c2cc3nc(Nc4cnn(C56CC(C5)C6)c4Cl)ncc3cc2Cl)[C@@H](F)C1. The van der Waals surface area contributed by atoms with Gasteiger partial charge in [0.2, 0.25) is 5.95 Å². The fourth-order valence-electron chi connectivity index (χ4n) is 6.43. The molecule has 2 aliphatic heterocycles. The molecule has 2 N–H and O–H groups in total. The molecule has 3 saturated carbocycles. The lowest BCUT2D eigenvalue weighted by atomic mass is 9.50. The van der Waals surface area contributed by atoms with E-state index < -0.39 is 12.3 Å². The molecule has 4 atom stereocenters. The number of rotatable bonds is 5. The Kier molecular flexibility index (Phi) is 5.45. The summed E-state index contributed by atoms with van der Waals surface area (Å²) in [5.41, 5.74) is 2.20. The quantitative estimate of drug-likeness (QED) is 0.507. The molecule has 5 aliphatic rings. The van der Waals surface area contributed by atoms with Crippen molar-refractivity contribution in [3.8, 4) is 0 Å². The number of hydrogen-bond acceptors (Lipinski definition) is 7. The number of aliphatic hydroxyl groups excluding tert-OH is 1. The third-order valence-electron chi connectivity index (χ3n) is 8.57. The Bertz CT molecular complexity index is 1320. The Hall–Kier alpha value is -2.04. The molecule has 36 heavy (non-hydrogen) atoms. The zero-order valence-corrected chi connectivity index (χ0v) is 21.1. The average molecular weight is 533 g/mol. The van der Waals surface area contributed by atoms with E-state index in [0.29, 0.717) is 53.5 Å². The van der Waals surface area contributed by atoms with Gasteiger partial charge in [0, 0.05) is 29.1 Å². The number of nitrogens with zero attached hydrogens (tertiary/aromatic N) is 5. The highest BCUT2D eigenvalue weighted by atomic mass is 35.5. The molecule has 0 amide bonds.